The summed E-state index contributed by atoms with van der Waals surface area (Å²) < 4.78 is 7.38. The molecular formula is C12H20N4O3. The van der Waals surface area contributed by atoms with E-state index in [1.165, 1.54) is 0 Å². The van der Waals surface area contributed by atoms with Gasteiger partial charge in [0.2, 0.25) is 0 Å². The van der Waals surface area contributed by atoms with Crippen LogP contribution in [-0.4, -0.2) is 37.9 Å². The minimum Gasteiger partial charge on any atom is -0.481 e. The number of aromatic nitrogens is 4. The first-order valence-corrected chi connectivity index (χ1v) is 6.58. The number of tetrazole rings is 1. The van der Waals surface area contributed by atoms with Gasteiger partial charge in [-0.1, -0.05) is 13.8 Å². The Kier molecular flexibility index (Phi) is 3.84. The summed E-state index contributed by atoms with van der Waals surface area (Å²) in [5, 5.41) is 20.8. The number of ether oxygens (including phenoxy) is 1. The minimum absolute atomic E-state index is 0.00574. The number of hydrogen-bond donors (Lipinski definition) is 1. The molecule has 2 unspecified atom stereocenters. The number of aliphatic carboxylic acids is 1. The third kappa shape index (κ3) is 2.75. The van der Waals surface area contributed by atoms with Crippen LogP contribution in [0.1, 0.15) is 51.9 Å². The molecule has 1 aromatic rings. The zero-order valence-electron chi connectivity index (χ0n) is 11.5. The first-order chi connectivity index (χ1) is 8.94. The minimum atomic E-state index is -0.849. The van der Waals surface area contributed by atoms with Crippen LogP contribution in [0.3, 0.4) is 0 Å². The molecule has 0 amide bonds. The van der Waals surface area contributed by atoms with Gasteiger partial charge in [-0.2, -0.15) is 0 Å². The third-order valence-corrected chi connectivity index (χ3v) is 3.65. The van der Waals surface area contributed by atoms with Crippen molar-refractivity contribution in [3.63, 3.8) is 0 Å². The number of hydrogen-bond acceptors (Lipinski definition) is 5. The Labute approximate surface area is 111 Å². The van der Waals surface area contributed by atoms with Crippen LogP contribution in [0.4, 0.5) is 0 Å². The van der Waals surface area contributed by atoms with Gasteiger partial charge >= 0.3 is 5.97 Å². The molecule has 1 N–H and O–H groups in total. The summed E-state index contributed by atoms with van der Waals surface area (Å²) in [6.07, 6.45) is 1.83. The lowest BCUT2D eigenvalue weighted by Crippen LogP contribution is -2.30. The number of carbonyl (C=O) groups is 1. The van der Waals surface area contributed by atoms with Crippen LogP contribution < -0.4 is 0 Å². The lowest BCUT2D eigenvalue weighted by Gasteiger charge is -2.26. The molecule has 7 heteroatoms. The molecule has 1 aliphatic rings. The predicted molar refractivity (Wildman–Crippen MR) is 66.5 cm³/mol. The van der Waals surface area contributed by atoms with Gasteiger partial charge in [0.25, 0.3) is 0 Å². The summed E-state index contributed by atoms with van der Waals surface area (Å²) in [6, 6.07) is -0.261. The van der Waals surface area contributed by atoms with E-state index in [4.69, 9.17) is 9.84 Å². The van der Waals surface area contributed by atoms with E-state index in [1.807, 2.05) is 20.8 Å². The van der Waals surface area contributed by atoms with Crippen molar-refractivity contribution >= 4 is 5.97 Å². The smallest absolute Gasteiger partial charge is 0.305 e. The molecule has 0 aromatic carbocycles. The van der Waals surface area contributed by atoms with E-state index in [2.05, 4.69) is 15.5 Å². The second-order valence-electron chi connectivity index (χ2n) is 5.54. The average molecular weight is 268 g/mol. The second kappa shape index (κ2) is 5.24. The molecule has 1 aliphatic heterocycles. The fourth-order valence-corrected chi connectivity index (χ4v) is 2.50. The van der Waals surface area contributed by atoms with Crippen molar-refractivity contribution in [2.45, 2.75) is 51.7 Å². The molecule has 1 fully saturated rings. The summed E-state index contributed by atoms with van der Waals surface area (Å²) in [4.78, 5) is 11.0. The Morgan fingerprint density at radius 2 is 2.32 bits per heavy atom. The van der Waals surface area contributed by atoms with E-state index >= 15 is 0 Å². The SMILES string of the molecule is CC(C)C(CC(=O)O)n1nnnc1C1(C)CCCO1. The summed E-state index contributed by atoms with van der Waals surface area (Å²) in [7, 11) is 0. The second-order valence-corrected chi connectivity index (χ2v) is 5.54. The maximum Gasteiger partial charge on any atom is 0.305 e. The highest BCUT2D eigenvalue weighted by Crippen LogP contribution is 2.36. The van der Waals surface area contributed by atoms with Crippen molar-refractivity contribution in [3.8, 4) is 0 Å². The number of carboxylic acid groups (broad SMARTS) is 1. The van der Waals surface area contributed by atoms with Crippen LogP contribution in [0.25, 0.3) is 0 Å². The van der Waals surface area contributed by atoms with Gasteiger partial charge in [0, 0.05) is 6.61 Å². The molecule has 2 atom stereocenters. The highest BCUT2D eigenvalue weighted by atomic mass is 16.5. The van der Waals surface area contributed by atoms with E-state index < -0.39 is 11.6 Å². The van der Waals surface area contributed by atoms with Gasteiger partial charge in [-0.05, 0) is 36.1 Å². The molecule has 2 heterocycles. The molecular weight excluding hydrogens is 248 g/mol. The summed E-state index contributed by atoms with van der Waals surface area (Å²) in [5.74, 6) is -0.0917. The van der Waals surface area contributed by atoms with Crippen LogP contribution in [0.15, 0.2) is 0 Å². The molecule has 19 heavy (non-hydrogen) atoms. The van der Waals surface area contributed by atoms with Gasteiger partial charge < -0.3 is 9.84 Å². The van der Waals surface area contributed by atoms with Crippen molar-refractivity contribution in [1.82, 2.24) is 20.2 Å². The Hall–Kier alpha value is -1.50. The van der Waals surface area contributed by atoms with Crippen molar-refractivity contribution < 1.29 is 14.6 Å². The lowest BCUT2D eigenvalue weighted by molar-refractivity contribution is -0.138. The van der Waals surface area contributed by atoms with Crippen LogP contribution in [0.5, 0.6) is 0 Å². The van der Waals surface area contributed by atoms with E-state index in [0.29, 0.717) is 12.4 Å². The summed E-state index contributed by atoms with van der Waals surface area (Å²) in [6.45, 7) is 6.59. The third-order valence-electron chi connectivity index (χ3n) is 3.65. The van der Waals surface area contributed by atoms with Gasteiger partial charge in [0.1, 0.15) is 5.60 Å². The molecule has 1 aromatic heterocycles. The van der Waals surface area contributed by atoms with E-state index in [0.717, 1.165) is 12.8 Å². The van der Waals surface area contributed by atoms with Gasteiger partial charge in [0.05, 0.1) is 12.5 Å². The first-order valence-electron chi connectivity index (χ1n) is 6.58. The normalized spacial score (nSPS) is 24.8. The maximum absolute atomic E-state index is 11.0. The Morgan fingerprint density at radius 1 is 1.58 bits per heavy atom. The lowest BCUT2D eigenvalue weighted by atomic mass is 9.98. The maximum atomic E-state index is 11.0. The van der Waals surface area contributed by atoms with Crippen LogP contribution in [0, 0.1) is 5.92 Å². The zero-order valence-corrected chi connectivity index (χ0v) is 11.5. The van der Waals surface area contributed by atoms with Gasteiger partial charge in [-0.25, -0.2) is 4.68 Å². The van der Waals surface area contributed by atoms with Crippen LogP contribution in [-0.2, 0) is 15.1 Å². The number of nitrogens with zero attached hydrogens (tertiary/aromatic N) is 4. The monoisotopic (exact) mass is 268 g/mol. The molecule has 2 rings (SSSR count). The van der Waals surface area contributed by atoms with E-state index in [9.17, 15) is 4.79 Å². The van der Waals surface area contributed by atoms with Gasteiger partial charge in [-0.15, -0.1) is 5.10 Å². The average Bonchev–Trinajstić information content (AvgIpc) is 2.94. The van der Waals surface area contributed by atoms with Crippen LogP contribution >= 0.6 is 0 Å². The molecule has 0 spiro atoms. The first kappa shape index (κ1) is 13.9. The fourth-order valence-electron chi connectivity index (χ4n) is 2.50. The highest BCUT2D eigenvalue weighted by Gasteiger charge is 2.39. The quantitative estimate of drug-likeness (QED) is 0.867. The molecule has 106 valence electrons. The zero-order chi connectivity index (χ0) is 14.0. The predicted octanol–water partition coefficient (Wildman–Crippen LogP) is 1.37. The molecule has 7 nitrogen and oxygen atoms in total. The fraction of sp³-hybridized carbons (Fsp3) is 0.833. The molecule has 0 aliphatic carbocycles. The molecule has 0 saturated carbocycles. The van der Waals surface area contributed by atoms with Crippen molar-refractivity contribution in [3.05, 3.63) is 5.82 Å². The van der Waals surface area contributed by atoms with E-state index in [1.54, 1.807) is 4.68 Å². The largest absolute Gasteiger partial charge is 0.481 e. The Bertz CT molecular complexity index is 452. The van der Waals surface area contributed by atoms with E-state index in [-0.39, 0.29) is 18.4 Å². The Morgan fingerprint density at radius 3 is 2.84 bits per heavy atom. The molecule has 1 saturated heterocycles. The molecule has 0 radical (unpaired) electrons. The van der Waals surface area contributed by atoms with Crippen LogP contribution in [0.2, 0.25) is 0 Å². The van der Waals surface area contributed by atoms with Gasteiger partial charge in [-0.3, -0.25) is 4.79 Å². The highest BCUT2D eigenvalue weighted by molar-refractivity contribution is 5.67. The summed E-state index contributed by atoms with van der Waals surface area (Å²) in [5.41, 5.74) is -0.505. The Balaban J connectivity index is 2.33. The summed E-state index contributed by atoms with van der Waals surface area (Å²) >= 11 is 0. The standard InChI is InChI=1S/C12H20N4O3/c1-8(2)9(7-10(17)18)16-11(13-14-15-16)12(3)5-4-6-19-12/h8-9H,4-7H2,1-3H3,(H,17,18). The topological polar surface area (TPSA) is 90.1 Å². The van der Waals surface area contributed by atoms with Crippen molar-refractivity contribution in [2.75, 3.05) is 6.61 Å². The molecule has 0 bridgehead atoms. The van der Waals surface area contributed by atoms with Crippen molar-refractivity contribution in [2.24, 2.45) is 5.92 Å². The van der Waals surface area contributed by atoms with Crippen molar-refractivity contribution in [1.29, 1.82) is 0 Å². The van der Waals surface area contributed by atoms with Gasteiger partial charge in [0.15, 0.2) is 5.82 Å². The number of rotatable bonds is 5. The number of carboxylic acids is 1.